The van der Waals surface area contributed by atoms with Crippen molar-refractivity contribution in [3.05, 3.63) is 17.0 Å². The van der Waals surface area contributed by atoms with Gasteiger partial charge < -0.3 is 9.84 Å². The molecule has 0 unspecified atom stereocenters. The monoisotopic (exact) mass is 274 g/mol. The van der Waals surface area contributed by atoms with Crippen LogP contribution in [0.5, 0.6) is 5.88 Å². The Bertz CT molecular complexity index is 316. The molecule has 0 spiro atoms. The molecule has 0 saturated carbocycles. The number of ether oxygens (including phenoxy) is 1. The van der Waals surface area contributed by atoms with Crippen LogP contribution in [0.3, 0.4) is 0 Å². The van der Waals surface area contributed by atoms with E-state index >= 15 is 0 Å². The number of aliphatic carboxylic acids is 1. The number of nitrogens with zero attached hydrogens (tertiary/aromatic N) is 2. The summed E-state index contributed by atoms with van der Waals surface area (Å²) >= 11 is 3.16. The van der Waals surface area contributed by atoms with Crippen molar-refractivity contribution in [3.8, 4) is 5.88 Å². The summed E-state index contributed by atoms with van der Waals surface area (Å²) in [7, 11) is 0. The van der Waals surface area contributed by atoms with E-state index in [1.165, 1.54) is 6.20 Å². The lowest BCUT2D eigenvalue weighted by atomic mass is 10.2. The Kier molecular flexibility index (Phi) is 5.03. The summed E-state index contributed by atoms with van der Waals surface area (Å²) in [4.78, 5) is 18.1. The molecule has 0 atom stereocenters. The van der Waals surface area contributed by atoms with Gasteiger partial charge in [-0.15, -0.1) is 0 Å². The zero-order valence-corrected chi connectivity index (χ0v) is 9.61. The lowest BCUT2D eigenvalue weighted by molar-refractivity contribution is -0.137. The molecule has 0 amide bonds. The molecule has 6 heteroatoms. The maximum Gasteiger partial charge on any atom is 0.303 e. The zero-order valence-electron chi connectivity index (χ0n) is 8.02. The van der Waals surface area contributed by atoms with E-state index in [1.54, 1.807) is 6.20 Å². The van der Waals surface area contributed by atoms with Crippen LogP contribution in [-0.2, 0) is 4.79 Å². The minimum absolute atomic E-state index is 0.176. The molecule has 0 aliphatic rings. The molecule has 1 rings (SSSR count). The number of hydrogen-bond acceptors (Lipinski definition) is 4. The first-order chi connectivity index (χ1) is 7.18. The van der Waals surface area contributed by atoms with Gasteiger partial charge in [0.25, 0.3) is 0 Å². The molecule has 15 heavy (non-hydrogen) atoms. The second kappa shape index (κ2) is 6.34. The highest BCUT2D eigenvalue weighted by Crippen LogP contribution is 2.08. The van der Waals surface area contributed by atoms with Crippen molar-refractivity contribution in [1.29, 1.82) is 0 Å². The molecular formula is C9H11BrN2O3. The first-order valence-electron chi connectivity index (χ1n) is 4.50. The van der Waals surface area contributed by atoms with Crippen molar-refractivity contribution >= 4 is 21.9 Å². The maximum atomic E-state index is 10.2. The third-order valence-electron chi connectivity index (χ3n) is 1.63. The number of carbonyl (C=O) groups is 1. The zero-order chi connectivity index (χ0) is 11.1. The number of rotatable bonds is 6. The van der Waals surface area contributed by atoms with Crippen molar-refractivity contribution in [3.63, 3.8) is 0 Å². The van der Waals surface area contributed by atoms with Crippen molar-refractivity contribution in [2.24, 2.45) is 0 Å². The normalized spacial score (nSPS) is 9.93. The molecule has 0 saturated heterocycles. The lowest BCUT2D eigenvalue weighted by Crippen LogP contribution is -2.01. The molecule has 0 bridgehead atoms. The smallest absolute Gasteiger partial charge is 0.303 e. The van der Waals surface area contributed by atoms with Gasteiger partial charge >= 0.3 is 5.97 Å². The Morgan fingerprint density at radius 2 is 2.20 bits per heavy atom. The van der Waals surface area contributed by atoms with Gasteiger partial charge in [0.2, 0.25) is 5.88 Å². The summed E-state index contributed by atoms with van der Waals surface area (Å²) in [6.07, 6.45) is 4.55. The molecule has 1 heterocycles. The average molecular weight is 275 g/mol. The van der Waals surface area contributed by atoms with Crippen molar-refractivity contribution in [2.45, 2.75) is 19.3 Å². The van der Waals surface area contributed by atoms with Gasteiger partial charge in [-0.1, -0.05) is 0 Å². The molecule has 82 valence electrons. The van der Waals surface area contributed by atoms with Crippen molar-refractivity contribution < 1.29 is 14.6 Å². The standard InChI is InChI=1S/C9H11BrN2O3/c10-7-5-12-8(6-11-7)15-4-2-1-3-9(13)14/h5-6H,1-4H2,(H,13,14). The van der Waals surface area contributed by atoms with Crippen LogP contribution in [0.4, 0.5) is 0 Å². The SMILES string of the molecule is O=C(O)CCCCOc1cnc(Br)cn1. The number of carboxylic acid groups (broad SMARTS) is 1. The molecule has 0 aliphatic carbocycles. The van der Waals surface area contributed by atoms with Crippen LogP contribution < -0.4 is 4.74 Å². The highest BCUT2D eigenvalue weighted by Gasteiger charge is 1.98. The van der Waals surface area contributed by atoms with Crippen LogP contribution >= 0.6 is 15.9 Å². The predicted molar refractivity (Wildman–Crippen MR) is 56.7 cm³/mol. The van der Waals surface area contributed by atoms with Gasteiger partial charge in [-0.25, -0.2) is 9.97 Å². The summed E-state index contributed by atoms with van der Waals surface area (Å²) < 4.78 is 5.91. The van der Waals surface area contributed by atoms with E-state index < -0.39 is 5.97 Å². The summed E-state index contributed by atoms with van der Waals surface area (Å²) in [5.41, 5.74) is 0. The highest BCUT2D eigenvalue weighted by atomic mass is 79.9. The Labute approximate surface area is 95.6 Å². The molecule has 1 aromatic rings. The van der Waals surface area contributed by atoms with Crippen LogP contribution in [-0.4, -0.2) is 27.7 Å². The van der Waals surface area contributed by atoms with Gasteiger partial charge in [-0.2, -0.15) is 0 Å². The quantitative estimate of drug-likeness (QED) is 0.802. The fourth-order valence-corrected chi connectivity index (χ4v) is 1.13. The number of hydrogen-bond donors (Lipinski definition) is 1. The van der Waals surface area contributed by atoms with Gasteiger partial charge in [-0.05, 0) is 28.8 Å². The molecule has 0 aliphatic heterocycles. The predicted octanol–water partition coefficient (Wildman–Crippen LogP) is 1.87. The summed E-state index contributed by atoms with van der Waals surface area (Å²) in [5, 5.41) is 8.39. The van der Waals surface area contributed by atoms with E-state index in [-0.39, 0.29) is 6.42 Å². The van der Waals surface area contributed by atoms with Crippen LogP contribution in [0.25, 0.3) is 0 Å². The number of aromatic nitrogens is 2. The van der Waals surface area contributed by atoms with Crippen molar-refractivity contribution in [1.82, 2.24) is 9.97 Å². The molecule has 0 radical (unpaired) electrons. The minimum Gasteiger partial charge on any atom is -0.481 e. The molecule has 0 aromatic carbocycles. The van der Waals surface area contributed by atoms with E-state index in [0.29, 0.717) is 29.9 Å². The van der Waals surface area contributed by atoms with E-state index in [4.69, 9.17) is 9.84 Å². The van der Waals surface area contributed by atoms with Gasteiger partial charge in [0.1, 0.15) is 4.60 Å². The second-order valence-electron chi connectivity index (χ2n) is 2.88. The van der Waals surface area contributed by atoms with Crippen LogP contribution in [0.2, 0.25) is 0 Å². The summed E-state index contributed by atoms with van der Waals surface area (Å²) in [6, 6.07) is 0. The number of halogens is 1. The molecule has 0 fully saturated rings. The second-order valence-corrected chi connectivity index (χ2v) is 3.69. The third-order valence-corrected chi connectivity index (χ3v) is 2.04. The molecule has 5 nitrogen and oxygen atoms in total. The Hall–Kier alpha value is -1.17. The topological polar surface area (TPSA) is 72.3 Å². The lowest BCUT2D eigenvalue weighted by Gasteiger charge is -2.03. The average Bonchev–Trinajstić information content (AvgIpc) is 2.20. The first-order valence-corrected chi connectivity index (χ1v) is 5.30. The van der Waals surface area contributed by atoms with E-state index in [9.17, 15) is 4.79 Å². The molecule has 1 N–H and O–H groups in total. The third kappa shape index (κ3) is 5.31. The first kappa shape index (κ1) is 11.9. The molecule has 1 aromatic heterocycles. The van der Waals surface area contributed by atoms with Gasteiger partial charge in [0.15, 0.2) is 0 Å². The summed E-state index contributed by atoms with van der Waals surface area (Å²) in [6.45, 7) is 0.462. The van der Waals surface area contributed by atoms with Gasteiger partial charge in [0, 0.05) is 6.42 Å². The van der Waals surface area contributed by atoms with Gasteiger partial charge in [0.05, 0.1) is 19.0 Å². The Balaban J connectivity index is 2.15. The van der Waals surface area contributed by atoms with E-state index in [0.717, 1.165) is 0 Å². The highest BCUT2D eigenvalue weighted by molar-refractivity contribution is 9.10. The number of carboxylic acids is 1. The Morgan fingerprint density at radius 3 is 2.80 bits per heavy atom. The molecular weight excluding hydrogens is 264 g/mol. The van der Waals surface area contributed by atoms with Gasteiger partial charge in [-0.3, -0.25) is 4.79 Å². The van der Waals surface area contributed by atoms with Crippen LogP contribution in [0.1, 0.15) is 19.3 Å². The maximum absolute atomic E-state index is 10.2. The van der Waals surface area contributed by atoms with E-state index in [2.05, 4.69) is 25.9 Å². The fourth-order valence-electron chi connectivity index (χ4n) is 0.930. The summed E-state index contributed by atoms with van der Waals surface area (Å²) in [5.74, 6) is -0.327. The Morgan fingerprint density at radius 1 is 1.40 bits per heavy atom. The largest absolute Gasteiger partial charge is 0.481 e. The van der Waals surface area contributed by atoms with Crippen LogP contribution in [0, 0.1) is 0 Å². The minimum atomic E-state index is -0.779. The van der Waals surface area contributed by atoms with Crippen molar-refractivity contribution in [2.75, 3.05) is 6.61 Å². The van der Waals surface area contributed by atoms with Crippen LogP contribution in [0.15, 0.2) is 17.0 Å². The number of unbranched alkanes of at least 4 members (excludes halogenated alkanes) is 1. The van der Waals surface area contributed by atoms with E-state index in [1.807, 2.05) is 0 Å². The fraction of sp³-hybridized carbons (Fsp3) is 0.444.